The van der Waals surface area contributed by atoms with E-state index in [1.807, 2.05) is 68.3 Å². The predicted octanol–water partition coefficient (Wildman–Crippen LogP) is 3.07. The fourth-order valence-electron chi connectivity index (χ4n) is 4.02. The van der Waals surface area contributed by atoms with Gasteiger partial charge in [-0.1, -0.05) is 24.3 Å². The van der Waals surface area contributed by atoms with Crippen LogP contribution in [0.2, 0.25) is 0 Å². The molecule has 0 unspecified atom stereocenters. The normalized spacial score (nSPS) is 14.3. The van der Waals surface area contributed by atoms with E-state index < -0.39 is 0 Å². The first-order valence-electron chi connectivity index (χ1n) is 11.3. The van der Waals surface area contributed by atoms with Crippen molar-refractivity contribution in [2.24, 2.45) is 4.99 Å². The van der Waals surface area contributed by atoms with Gasteiger partial charge in [0.15, 0.2) is 5.96 Å². The van der Waals surface area contributed by atoms with Gasteiger partial charge in [-0.15, -0.1) is 0 Å². The third-order valence-corrected chi connectivity index (χ3v) is 5.92. The second kappa shape index (κ2) is 11.4. The van der Waals surface area contributed by atoms with E-state index in [2.05, 4.69) is 26.2 Å². The number of carbonyl (C=O) groups is 1. The van der Waals surface area contributed by atoms with Crippen LogP contribution in [0.1, 0.15) is 29.8 Å². The molecule has 0 aromatic heterocycles. The number of nitrogens with one attached hydrogen (secondary N) is 1. The smallest absolute Gasteiger partial charge is 0.253 e. The minimum absolute atomic E-state index is 0.0817. The summed E-state index contributed by atoms with van der Waals surface area (Å²) in [7, 11) is 3.54. The third-order valence-electron chi connectivity index (χ3n) is 5.92. The summed E-state index contributed by atoms with van der Waals surface area (Å²) in [6, 6.07) is 16.0. The van der Waals surface area contributed by atoms with Gasteiger partial charge in [-0.05, 0) is 43.7 Å². The summed E-state index contributed by atoms with van der Waals surface area (Å²) in [5, 5.41) is 3.46. The van der Waals surface area contributed by atoms with Gasteiger partial charge in [-0.3, -0.25) is 9.79 Å². The Kier molecular flexibility index (Phi) is 8.36. The minimum atomic E-state index is 0.0817. The molecule has 7 nitrogen and oxygen atoms in total. The van der Waals surface area contributed by atoms with Crippen LogP contribution in [0.25, 0.3) is 0 Å². The number of carbonyl (C=O) groups excluding carboxylic acids is 1. The van der Waals surface area contributed by atoms with Crippen molar-refractivity contribution in [3.8, 4) is 5.75 Å². The molecule has 1 heterocycles. The van der Waals surface area contributed by atoms with Crippen molar-refractivity contribution in [1.29, 1.82) is 0 Å². The average Bonchev–Trinajstić information content (AvgIpc) is 2.86. The zero-order chi connectivity index (χ0) is 22.9. The Hall–Kier alpha value is -3.22. The molecule has 32 heavy (non-hydrogen) atoms. The number of methoxy groups -OCH3 is 1. The number of piperazine rings is 1. The van der Waals surface area contributed by atoms with E-state index in [4.69, 9.17) is 4.74 Å². The summed E-state index contributed by atoms with van der Waals surface area (Å²) in [4.78, 5) is 23.4. The van der Waals surface area contributed by atoms with Gasteiger partial charge in [0.1, 0.15) is 5.75 Å². The summed E-state index contributed by atoms with van der Waals surface area (Å²) in [6.07, 6.45) is 0. The monoisotopic (exact) mass is 437 g/mol. The van der Waals surface area contributed by atoms with Crippen LogP contribution in [0.5, 0.6) is 5.75 Å². The maximum Gasteiger partial charge on any atom is 0.253 e. The summed E-state index contributed by atoms with van der Waals surface area (Å²) in [6.45, 7) is 9.69. The van der Waals surface area contributed by atoms with Gasteiger partial charge in [-0.2, -0.15) is 0 Å². The van der Waals surface area contributed by atoms with Crippen LogP contribution < -0.4 is 15.0 Å². The number of anilines is 1. The first kappa shape index (κ1) is 23.4. The van der Waals surface area contributed by atoms with Crippen molar-refractivity contribution in [3.05, 3.63) is 59.7 Å². The molecule has 0 atom stereocenters. The highest BCUT2D eigenvalue weighted by molar-refractivity contribution is 5.94. The summed E-state index contributed by atoms with van der Waals surface area (Å²) < 4.78 is 5.52. The number of hydrogen-bond acceptors (Lipinski definition) is 4. The maximum atomic E-state index is 12.5. The van der Waals surface area contributed by atoms with Crippen LogP contribution in [0, 0.1) is 0 Å². The van der Waals surface area contributed by atoms with Gasteiger partial charge in [0, 0.05) is 58.4 Å². The Balaban J connectivity index is 1.54. The van der Waals surface area contributed by atoms with Gasteiger partial charge < -0.3 is 24.8 Å². The van der Waals surface area contributed by atoms with Gasteiger partial charge in [0.25, 0.3) is 5.91 Å². The van der Waals surface area contributed by atoms with E-state index in [9.17, 15) is 4.79 Å². The fourth-order valence-corrected chi connectivity index (χ4v) is 4.02. The quantitative estimate of drug-likeness (QED) is 0.533. The average molecular weight is 438 g/mol. The molecular formula is C25H35N5O2. The molecule has 1 amide bonds. The summed E-state index contributed by atoms with van der Waals surface area (Å²) in [5.41, 5.74) is 2.99. The minimum Gasteiger partial charge on any atom is -0.495 e. The standard InChI is InChI=1S/C25H35N5O2/c1-5-28(6-2)24(31)21-13-11-20(12-14-21)19-27-25(26-3)30-17-15-29(16-18-30)22-9-7-8-10-23(22)32-4/h7-14H,5-6,15-19H2,1-4H3,(H,26,27). The predicted molar refractivity (Wildman–Crippen MR) is 131 cm³/mol. The fraction of sp³-hybridized carbons (Fsp3) is 0.440. The van der Waals surface area contributed by atoms with Crippen LogP contribution in [0.3, 0.4) is 0 Å². The second-order valence-corrected chi connectivity index (χ2v) is 7.72. The van der Waals surface area contributed by atoms with Crippen molar-refractivity contribution < 1.29 is 9.53 Å². The van der Waals surface area contributed by atoms with E-state index in [1.54, 1.807) is 7.11 Å². The molecule has 0 saturated carbocycles. The lowest BCUT2D eigenvalue weighted by atomic mass is 10.1. The molecule has 0 bridgehead atoms. The van der Waals surface area contributed by atoms with Crippen LogP contribution in [0.4, 0.5) is 5.69 Å². The van der Waals surface area contributed by atoms with Gasteiger partial charge >= 0.3 is 0 Å². The van der Waals surface area contributed by atoms with E-state index >= 15 is 0 Å². The largest absolute Gasteiger partial charge is 0.495 e. The molecule has 1 aliphatic rings. The maximum absolute atomic E-state index is 12.5. The van der Waals surface area contributed by atoms with Crippen LogP contribution in [-0.2, 0) is 6.54 Å². The Morgan fingerprint density at radius 1 is 1.03 bits per heavy atom. The Labute approximate surface area is 191 Å². The lowest BCUT2D eigenvalue weighted by molar-refractivity contribution is 0.0773. The molecule has 2 aromatic carbocycles. The third kappa shape index (κ3) is 5.52. The molecule has 1 aliphatic heterocycles. The highest BCUT2D eigenvalue weighted by Gasteiger charge is 2.21. The number of hydrogen-bond donors (Lipinski definition) is 1. The van der Waals surface area contributed by atoms with Crippen LogP contribution in [-0.4, -0.2) is 75.1 Å². The molecule has 1 fully saturated rings. The topological polar surface area (TPSA) is 60.4 Å². The van der Waals surface area contributed by atoms with E-state index in [0.29, 0.717) is 6.54 Å². The lowest BCUT2D eigenvalue weighted by Crippen LogP contribution is -2.52. The highest BCUT2D eigenvalue weighted by atomic mass is 16.5. The molecular weight excluding hydrogens is 402 g/mol. The number of guanidine groups is 1. The summed E-state index contributed by atoms with van der Waals surface area (Å²) >= 11 is 0. The Bertz CT molecular complexity index is 901. The number of nitrogens with zero attached hydrogens (tertiary/aromatic N) is 4. The molecule has 0 spiro atoms. The van der Waals surface area contributed by atoms with E-state index in [1.165, 1.54) is 0 Å². The van der Waals surface area contributed by atoms with Crippen LogP contribution in [0.15, 0.2) is 53.5 Å². The van der Waals surface area contributed by atoms with Crippen molar-refractivity contribution in [1.82, 2.24) is 15.1 Å². The SMILES string of the molecule is CCN(CC)C(=O)c1ccc(CNC(=NC)N2CCN(c3ccccc3OC)CC2)cc1. The first-order chi connectivity index (χ1) is 15.6. The molecule has 0 radical (unpaired) electrons. The lowest BCUT2D eigenvalue weighted by Gasteiger charge is -2.38. The number of amides is 1. The van der Waals surface area contributed by atoms with Gasteiger partial charge in [0.2, 0.25) is 0 Å². The van der Waals surface area contributed by atoms with Crippen LogP contribution >= 0.6 is 0 Å². The second-order valence-electron chi connectivity index (χ2n) is 7.72. The molecule has 3 rings (SSSR count). The Morgan fingerprint density at radius 2 is 1.69 bits per heavy atom. The molecule has 7 heteroatoms. The van der Waals surface area contributed by atoms with Crippen molar-refractivity contribution in [2.45, 2.75) is 20.4 Å². The van der Waals surface area contributed by atoms with Gasteiger partial charge in [0.05, 0.1) is 12.8 Å². The van der Waals surface area contributed by atoms with E-state index in [-0.39, 0.29) is 5.91 Å². The zero-order valence-corrected chi connectivity index (χ0v) is 19.7. The molecule has 2 aromatic rings. The molecule has 0 aliphatic carbocycles. The van der Waals surface area contributed by atoms with Crippen molar-refractivity contribution >= 4 is 17.6 Å². The number of para-hydroxylation sites is 2. The van der Waals surface area contributed by atoms with Gasteiger partial charge in [-0.25, -0.2) is 0 Å². The number of rotatable bonds is 7. The number of ether oxygens (including phenoxy) is 1. The van der Waals surface area contributed by atoms with Crippen molar-refractivity contribution in [2.75, 3.05) is 58.3 Å². The van der Waals surface area contributed by atoms with E-state index in [0.717, 1.165) is 67.8 Å². The first-order valence-corrected chi connectivity index (χ1v) is 11.3. The van der Waals surface area contributed by atoms with Crippen molar-refractivity contribution in [3.63, 3.8) is 0 Å². The molecule has 1 saturated heterocycles. The molecule has 172 valence electrons. The highest BCUT2D eigenvalue weighted by Crippen LogP contribution is 2.28. The number of aliphatic imine (C=N–C) groups is 1. The Morgan fingerprint density at radius 3 is 2.28 bits per heavy atom. The zero-order valence-electron chi connectivity index (χ0n) is 19.7. The molecule has 1 N–H and O–H groups in total. The summed E-state index contributed by atoms with van der Waals surface area (Å²) in [5.74, 6) is 1.89. The number of benzene rings is 2.